The van der Waals surface area contributed by atoms with Crippen molar-refractivity contribution in [1.29, 1.82) is 0 Å². The Morgan fingerprint density at radius 2 is 2.06 bits per heavy atom. The molecule has 34 heavy (non-hydrogen) atoms. The molecule has 0 saturated heterocycles. The number of H-pyrrole nitrogens is 1. The van der Waals surface area contributed by atoms with Gasteiger partial charge in [0.1, 0.15) is 4.83 Å². The van der Waals surface area contributed by atoms with Crippen LogP contribution in [0.1, 0.15) is 47.4 Å². The van der Waals surface area contributed by atoms with Crippen LogP contribution in [0.5, 0.6) is 5.75 Å². The molecule has 0 atom stereocenters. The third-order valence-electron chi connectivity index (χ3n) is 6.24. The molecule has 0 radical (unpaired) electrons. The largest absolute Gasteiger partial charge is 0.494 e. The lowest BCUT2D eigenvalue weighted by molar-refractivity contribution is 0.0608. The van der Waals surface area contributed by atoms with E-state index in [1.807, 2.05) is 5.38 Å². The number of nitrogens with zero attached hydrogens (tertiary/aromatic N) is 1. The zero-order valence-corrected chi connectivity index (χ0v) is 19.8. The van der Waals surface area contributed by atoms with Gasteiger partial charge in [-0.25, -0.2) is 9.37 Å². The summed E-state index contributed by atoms with van der Waals surface area (Å²) < 4.78 is 24.4. The third kappa shape index (κ3) is 5.63. The highest BCUT2D eigenvalue weighted by atomic mass is 32.1. The molecular weight excluding hydrogens is 461 g/mol. The summed E-state index contributed by atoms with van der Waals surface area (Å²) in [6.45, 7) is 1.31. The molecule has 2 aromatic heterocycles. The van der Waals surface area contributed by atoms with Gasteiger partial charge in [0.15, 0.2) is 11.6 Å². The first-order valence-electron chi connectivity index (χ1n) is 11.3. The number of fused-ring (bicyclic) bond motifs is 1. The number of thiophene rings is 1. The van der Waals surface area contributed by atoms with Crippen LogP contribution >= 0.6 is 11.3 Å². The average Bonchev–Trinajstić information content (AvgIpc) is 3.27. The number of halogens is 1. The molecule has 1 aliphatic rings. The van der Waals surface area contributed by atoms with Gasteiger partial charge in [-0.1, -0.05) is 6.07 Å². The Bertz CT molecular complexity index is 1200. The fraction of sp³-hybridized carbons (Fsp3) is 0.458. The summed E-state index contributed by atoms with van der Waals surface area (Å²) in [6.07, 6.45) is 4.13. The zero-order chi connectivity index (χ0) is 24.1. The van der Waals surface area contributed by atoms with Gasteiger partial charge in [-0.05, 0) is 60.6 Å². The van der Waals surface area contributed by atoms with E-state index in [1.165, 1.54) is 30.6 Å². The monoisotopic (exact) mass is 489 g/mol. The summed E-state index contributed by atoms with van der Waals surface area (Å²) in [6, 6.07) is 4.31. The first-order valence-corrected chi connectivity index (χ1v) is 12.2. The fourth-order valence-corrected chi connectivity index (χ4v) is 5.14. The minimum absolute atomic E-state index is 0.0819. The minimum atomic E-state index is -0.535. The molecule has 4 rings (SSSR count). The zero-order valence-electron chi connectivity index (χ0n) is 18.9. The number of amides is 1. The van der Waals surface area contributed by atoms with Crippen molar-refractivity contribution in [2.45, 2.75) is 38.8 Å². The van der Waals surface area contributed by atoms with E-state index in [1.54, 1.807) is 6.07 Å². The van der Waals surface area contributed by atoms with Gasteiger partial charge >= 0.3 is 0 Å². The summed E-state index contributed by atoms with van der Waals surface area (Å²) in [7, 11) is 1.37. The number of hydrogen-bond donors (Lipinski definition) is 3. The molecule has 1 aliphatic carbocycles. The lowest BCUT2D eigenvalue weighted by Gasteiger charge is -2.26. The number of hydrogen-bond acceptors (Lipinski definition) is 7. The summed E-state index contributed by atoms with van der Waals surface area (Å²) in [5, 5.41) is 14.2. The van der Waals surface area contributed by atoms with E-state index in [4.69, 9.17) is 9.47 Å². The molecule has 3 aromatic rings. The third-order valence-corrected chi connectivity index (χ3v) is 7.16. The van der Waals surface area contributed by atoms with Crippen LogP contribution in [0.15, 0.2) is 28.4 Å². The van der Waals surface area contributed by atoms with Crippen LogP contribution in [-0.2, 0) is 17.9 Å². The van der Waals surface area contributed by atoms with E-state index in [0.29, 0.717) is 40.8 Å². The highest BCUT2D eigenvalue weighted by Gasteiger charge is 2.21. The number of nitrogens with one attached hydrogen (secondary N) is 2. The molecule has 0 unspecified atom stereocenters. The van der Waals surface area contributed by atoms with Crippen molar-refractivity contribution in [2.75, 3.05) is 20.3 Å². The Labute approximate surface area is 200 Å². The van der Waals surface area contributed by atoms with Crippen molar-refractivity contribution in [3.05, 3.63) is 56.7 Å². The maximum absolute atomic E-state index is 13.6. The smallest absolute Gasteiger partial charge is 0.287 e. The predicted octanol–water partition coefficient (Wildman–Crippen LogP) is 3.38. The molecule has 182 valence electrons. The SMILES string of the molecule is COc1cc(CNC(=O)c2nc3scc(COCC4CCC(CO)CC4)c3c(=O)[nH]2)ccc1F. The first-order chi connectivity index (χ1) is 16.5. The lowest BCUT2D eigenvalue weighted by atomic mass is 9.83. The summed E-state index contributed by atoms with van der Waals surface area (Å²) in [5.41, 5.74) is 1.01. The normalized spacial score (nSPS) is 18.2. The number of ether oxygens (including phenoxy) is 2. The van der Waals surface area contributed by atoms with Gasteiger partial charge in [0.25, 0.3) is 11.5 Å². The number of methoxy groups -OCH3 is 1. The second-order valence-corrected chi connectivity index (χ2v) is 9.45. The summed E-state index contributed by atoms with van der Waals surface area (Å²) >= 11 is 1.29. The first kappa shape index (κ1) is 24.3. The number of carbonyl (C=O) groups is 1. The molecule has 0 spiro atoms. The predicted molar refractivity (Wildman–Crippen MR) is 127 cm³/mol. The van der Waals surface area contributed by atoms with Gasteiger partial charge in [-0.15, -0.1) is 11.3 Å². The van der Waals surface area contributed by atoms with E-state index < -0.39 is 11.7 Å². The number of aliphatic hydroxyl groups excluding tert-OH is 1. The molecule has 10 heteroatoms. The Kier molecular flexibility index (Phi) is 7.91. The van der Waals surface area contributed by atoms with Gasteiger partial charge in [0.05, 0.1) is 19.1 Å². The molecule has 0 bridgehead atoms. The van der Waals surface area contributed by atoms with Crippen molar-refractivity contribution < 1.29 is 23.8 Å². The van der Waals surface area contributed by atoms with Crippen LogP contribution < -0.4 is 15.6 Å². The van der Waals surface area contributed by atoms with Crippen molar-refractivity contribution in [3.63, 3.8) is 0 Å². The van der Waals surface area contributed by atoms with Gasteiger partial charge in [0.2, 0.25) is 5.82 Å². The Morgan fingerprint density at radius 1 is 1.29 bits per heavy atom. The van der Waals surface area contributed by atoms with E-state index in [-0.39, 0.29) is 30.3 Å². The quantitative estimate of drug-likeness (QED) is 0.425. The molecular formula is C24H28FN3O5S. The molecule has 3 N–H and O–H groups in total. The number of aromatic nitrogens is 2. The standard InChI is InChI=1S/C24H28FN3O5S/c1-32-19-8-16(6-7-18(19)25)9-26-23(31)21-27-22(30)20-17(13-34-24(20)28-21)12-33-11-15-4-2-14(10-29)3-5-15/h6-8,13-15,29H,2-5,9-12H2,1H3,(H,26,31)(H,27,28,30). The minimum Gasteiger partial charge on any atom is -0.494 e. The van der Waals surface area contributed by atoms with Crippen molar-refractivity contribution in [3.8, 4) is 5.75 Å². The summed E-state index contributed by atoms with van der Waals surface area (Å²) in [4.78, 5) is 32.6. The topological polar surface area (TPSA) is 114 Å². The van der Waals surface area contributed by atoms with Crippen LogP contribution in [0.2, 0.25) is 0 Å². The lowest BCUT2D eigenvalue weighted by Crippen LogP contribution is -2.27. The van der Waals surface area contributed by atoms with Crippen LogP contribution in [0.4, 0.5) is 4.39 Å². The fourth-order valence-electron chi connectivity index (χ4n) is 4.22. The van der Waals surface area contributed by atoms with Crippen LogP contribution in [-0.4, -0.2) is 41.3 Å². The molecule has 1 fully saturated rings. The Balaban J connectivity index is 1.36. The van der Waals surface area contributed by atoms with Gasteiger partial charge in [-0.3, -0.25) is 9.59 Å². The molecule has 8 nitrogen and oxygen atoms in total. The number of carbonyl (C=O) groups excluding carboxylic acids is 1. The van der Waals surface area contributed by atoms with Gasteiger partial charge in [0, 0.05) is 25.3 Å². The molecule has 1 saturated carbocycles. The van der Waals surface area contributed by atoms with Crippen molar-refractivity contribution in [1.82, 2.24) is 15.3 Å². The van der Waals surface area contributed by atoms with Crippen molar-refractivity contribution in [2.24, 2.45) is 11.8 Å². The summed E-state index contributed by atoms with van der Waals surface area (Å²) in [5.74, 6) is -0.132. The Hall–Kier alpha value is -2.82. The highest BCUT2D eigenvalue weighted by molar-refractivity contribution is 7.16. The van der Waals surface area contributed by atoms with Gasteiger partial charge < -0.3 is 24.9 Å². The number of aliphatic hydroxyl groups is 1. The van der Waals surface area contributed by atoms with E-state index in [0.717, 1.165) is 31.2 Å². The van der Waals surface area contributed by atoms with Crippen LogP contribution in [0, 0.1) is 17.7 Å². The van der Waals surface area contributed by atoms with Crippen LogP contribution in [0.3, 0.4) is 0 Å². The second-order valence-electron chi connectivity index (χ2n) is 8.59. The average molecular weight is 490 g/mol. The molecule has 0 aliphatic heterocycles. The van der Waals surface area contributed by atoms with E-state index in [9.17, 15) is 19.1 Å². The highest BCUT2D eigenvalue weighted by Crippen LogP contribution is 2.29. The Morgan fingerprint density at radius 3 is 2.79 bits per heavy atom. The maximum Gasteiger partial charge on any atom is 0.287 e. The maximum atomic E-state index is 13.6. The number of aromatic amines is 1. The molecule has 1 aromatic carbocycles. The number of rotatable bonds is 9. The van der Waals surface area contributed by atoms with Gasteiger partial charge in [-0.2, -0.15) is 0 Å². The molecule has 2 heterocycles. The second kappa shape index (κ2) is 11.1. The van der Waals surface area contributed by atoms with E-state index in [2.05, 4.69) is 15.3 Å². The van der Waals surface area contributed by atoms with Crippen molar-refractivity contribution >= 4 is 27.5 Å². The van der Waals surface area contributed by atoms with Crippen LogP contribution in [0.25, 0.3) is 10.2 Å². The molecule has 1 amide bonds. The van der Waals surface area contributed by atoms with E-state index >= 15 is 0 Å². The number of benzene rings is 1.